The summed E-state index contributed by atoms with van der Waals surface area (Å²) in [5.41, 5.74) is 0. The van der Waals surface area contributed by atoms with Gasteiger partial charge in [-0.3, -0.25) is 9.59 Å². The molecule has 0 aliphatic rings. The summed E-state index contributed by atoms with van der Waals surface area (Å²) in [6, 6.07) is 1.32. The van der Waals surface area contributed by atoms with Crippen LogP contribution in [0, 0.1) is 5.92 Å². The molecule has 1 aromatic heterocycles. The van der Waals surface area contributed by atoms with Crippen LogP contribution in [-0.2, 0) is 4.79 Å². The van der Waals surface area contributed by atoms with Gasteiger partial charge in [0.1, 0.15) is 0 Å². The van der Waals surface area contributed by atoms with Crippen molar-refractivity contribution in [2.75, 3.05) is 13.7 Å². The number of carboxylic acids is 1. The Morgan fingerprint density at radius 1 is 1.69 bits per heavy atom. The highest BCUT2D eigenvalue weighted by molar-refractivity contribution is 5.91. The summed E-state index contributed by atoms with van der Waals surface area (Å²) in [5.74, 6) is -1.99. The van der Waals surface area contributed by atoms with Crippen molar-refractivity contribution in [2.24, 2.45) is 5.92 Å². The van der Waals surface area contributed by atoms with Crippen LogP contribution in [0.2, 0.25) is 0 Å². The van der Waals surface area contributed by atoms with Crippen molar-refractivity contribution >= 4 is 11.9 Å². The standard InChI is InChI=1S/C9H12N2O5/c1-5(9(13)14)4-10-8(12)6-3-7(15-2)11-16-6/h3,5H,4H2,1-2H3,(H,10,12)(H,13,14). The number of aliphatic carboxylic acids is 1. The smallest absolute Gasteiger partial charge is 0.308 e. The van der Waals surface area contributed by atoms with Crippen molar-refractivity contribution in [3.63, 3.8) is 0 Å². The number of carbonyl (C=O) groups excluding carboxylic acids is 1. The minimum absolute atomic E-state index is 0.0190. The number of nitrogens with one attached hydrogen (secondary N) is 1. The van der Waals surface area contributed by atoms with Crippen LogP contribution in [0.15, 0.2) is 10.6 Å². The molecule has 16 heavy (non-hydrogen) atoms. The highest BCUT2D eigenvalue weighted by Gasteiger charge is 2.16. The molecule has 1 heterocycles. The molecule has 0 saturated carbocycles. The summed E-state index contributed by atoms with van der Waals surface area (Å²) in [7, 11) is 1.39. The lowest BCUT2D eigenvalue weighted by molar-refractivity contribution is -0.140. The lowest BCUT2D eigenvalue weighted by atomic mass is 10.2. The molecule has 2 N–H and O–H groups in total. The molecule has 0 bridgehead atoms. The van der Waals surface area contributed by atoms with Crippen molar-refractivity contribution in [1.82, 2.24) is 10.5 Å². The molecule has 0 aromatic carbocycles. The first-order valence-corrected chi connectivity index (χ1v) is 4.56. The number of methoxy groups -OCH3 is 1. The third-order valence-electron chi connectivity index (χ3n) is 1.91. The third-order valence-corrected chi connectivity index (χ3v) is 1.91. The predicted octanol–water partition coefficient (Wildman–Crippen LogP) is 0.134. The second kappa shape index (κ2) is 5.15. The molecular formula is C9H12N2O5. The van der Waals surface area contributed by atoms with E-state index in [4.69, 9.17) is 9.84 Å². The van der Waals surface area contributed by atoms with Gasteiger partial charge in [0, 0.05) is 6.54 Å². The molecule has 0 radical (unpaired) electrons. The fourth-order valence-electron chi connectivity index (χ4n) is 0.882. The predicted molar refractivity (Wildman–Crippen MR) is 52.2 cm³/mol. The summed E-state index contributed by atoms with van der Waals surface area (Å²) in [5, 5.41) is 14.5. The molecule has 1 aromatic rings. The molecule has 1 amide bonds. The van der Waals surface area contributed by atoms with E-state index in [1.54, 1.807) is 0 Å². The zero-order chi connectivity index (χ0) is 12.1. The Kier molecular flexibility index (Phi) is 3.87. The van der Waals surface area contributed by atoms with Gasteiger partial charge in [-0.1, -0.05) is 6.92 Å². The molecular weight excluding hydrogens is 216 g/mol. The van der Waals surface area contributed by atoms with Gasteiger partial charge in [0.2, 0.25) is 5.76 Å². The van der Waals surface area contributed by atoms with E-state index in [-0.39, 0.29) is 18.2 Å². The molecule has 7 heteroatoms. The normalized spacial score (nSPS) is 11.9. The van der Waals surface area contributed by atoms with Gasteiger partial charge >= 0.3 is 5.97 Å². The lowest BCUT2D eigenvalue weighted by Gasteiger charge is -2.05. The average molecular weight is 228 g/mol. The quantitative estimate of drug-likeness (QED) is 0.742. The summed E-state index contributed by atoms with van der Waals surface area (Å²) >= 11 is 0. The number of ether oxygens (including phenoxy) is 1. The summed E-state index contributed by atoms with van der Waals surface area (Å²) < 4.78 is 9.41. The SMILES string of the molecule is COc1cc(C(=O)NCC(C)C(=O)O)on1. The Balaban J connectivity index is 2.49. The Hall–Kier alpha value is -2.05. The van der Waals surface area contributed by atoms with Gasteiger partial charge < -0.3 is 19.7 Å². The minimum atomic E-state index is -0.976. The van der Waals surface area contributed by atoms with Gasteiger partial charge in [-0.15, -0.1) is 0 Å². The van der Waals surface area contributed by atoms with Gasteiger partial charge in [-0.2, -0.15) is 0 Å². The van der Waals surface area contributed by atoms with Gasteiger partial charge in [-0.25, -0.2) is 0 Å². The van der Waals surface area contributed by atoms with E-state index in [1.165, 1.54) is 20.1 Å². The first kappa shape index (κ1) is 12.0. The van der Waals surface area contributed by atoms with E-state index in [0.29, 0.717) is 0 Å². The highest BCUT2D eigenvalue weighted by atomic mass is 16.5. The maximum absolute atomic E-state index is 11.4. The van der Waals surface area contributed by atoms with E-state index >= 15 is 0 Å². The van der Waals surface area contributed by atoms with Crippen LogP contribution in [0.5, 0.6) is 5.88 Å². The number of carbonyl (C=O) groups is 2. The molecule has 0 aliphatic carbocycles. The number of aromatic nitrogens is 1. The largest absolute Gasteiger partial charge is 0.481 e. The van der Waals surface area contributed by atoms with Crippen LogP contribution in [0.3, 0.4) is 0 Å². The molecule has 0 spiro atoms. The summed E-state index contributed by atoms with van der Waals surface area (Å²) in [4.78, 5) is 21.9. The van der Waals surface area contributed by atoms with Crippen LogP contribution in [0.1, 0.15) is 17.5 Å². The third kappa shape index (κ3) is 2.97. The maximum Gasteiger partial charge on any atom is 0.308 e. The van der Waals surface area contributed by atoms with Crippen LogP contribution in [0.25, 0.3) is 0 Å². The average Bonchev–Trinajstić information content (AvgIpc) is 2.73. The highest BCUT2D eigenvalue weighted by Crippen LogP contribution is 2.10. The number of amides is 1. The molecule has 0 fully saturated rings. The van der Waals surface area contributed by atoms with Crippen molar-refractivity contribution in [3.8, 4) is 5.88 Å². The Labute approximate surface area is 91.4 Å². The van der Waals surface area contributed by atoms with Crippen molar-refractivity contribution < 1.29 is 24.0 Å². The first-order chi connectivity index (χ1) is 7.54. The van der Waals surface area contributed by atoms with E-state index in [2.05, 4.69) is 15.0 Å². The Morgan fingerprint density at radius 2 is 2.38 bits per heavy atom. The Morgan fingerprint density at radius 3 is 2.88 bits per heavy atom. The topological polar surface area (TPSA) is 102 Å². The lowest BCUT2D eigenvalue weighted by Crippen LogP contribution is -2.31. The molecule has 7 nitrogen and oxygen atoms in total. The van der Waals surface area contributed by atoms with Gasteiger partial charge in [-0.05, 0) is 5.16 Å². The first-order valence-electron chi connectivity index (χ1n) is 4.56. The van der Waals surface area contributed by atoms with E-state index < -0.39 is 17.8 Å². The fourth-order valence-corrected chi connectivity index (χ4v) is 0.882. The molecule has 88 valence electrons. The maximum atomic E-state index is 11.4. The van der Waals surface area contributed by atoms with Crippen LogP contribution in [-0.4, -0.2) is 35.8 Å². The van der Waals surface area contributed by atoms with Gasteiger partial charge in [0.15, 0.2) is 0 Å². The van der Waals surface area contributed by atoms with Crippen molar-refractivity contribution in [1.29, 1.82) is 0 Å². The zero-order valence-electron chi connectivity index (χ0n) is 8.89. The molecule has 1 unspecified atom stereocenters. The van der Waals surface area contributed by atoms with Crippen LogP contribution >= 0.6 is 0 Å². The summed E-state index contributed by atoms with van der Waals surface area (Å²) in [6.07, 6.45) is 0. The second-order valence-electron chi connectivity index (χ2n) is 3.18. The molecule has 0 aliphatic heterocycles. The van der Waals surface area contributed by atoms with E-state index in [9.17, 15) is 9.59 Å². The second-order valence-corrected chi connectivity index (χ2v) is 3.18. The molecule has 1 rings (SSSR count). The van der Waals surface area contributed by atoms with Crippen molar-refractivity contribution in [3.05, 3.63) is 11.8 Å². The molecule has 0 saturated heterocycles. The van der Waals surface area contributed by atoms with Gasteiger partial charge in [0.25, 0.3) is 11.8 Å². The summed E-state index contributed by atoms with van der Waals surface area (Å²) in [6.45, 7) is 1.51. The van der Waals surface area contributed by atoms with E-state index in [0.717, 1.165) is 0 Å². The van der Waals surface area contributed by atoms with Gasteiger partial charge in [0.05, 0.1) is 19.1 Å². The van der Waals surface area contributed by atoms with Crippen LogP contribution in [0.4, 0.5) is 0 Å². The Bertz CT molecular complexity index is 387. The minimum Gasteiger partial charge on any atom is -0.481 e. The van der Waals surface area contributed by atoms with Crippen LogP contribution < -0.4 is 10.1 Å². The van der Waals surface area contributed by atoms with Crippen molar-refractivity contribution in [2.45, 2.75) is 6.92 Å². The number of hydrogen-bond acceptors (Lipinski definition) is 5. The fraction of sp³-hybridized carbons (Fsp3) is 0.444. The molecule has 1 atom stereocenters. The van der Waals surface area contributed by atoms with E-state index in [1.807, 2.05) is 0 Å². The number of carboxylic acid groups (broad SMARTS) is 1. The number of nitrogens with zero attached hydrogens (tertiary/aromatic N) is 1. The number of hydrogen-bond donors (Lipinski definition) is 2. The zero-order valence-corrected chi connectivity index (χ0v) is 8.89. The monoisotopic (exact) mass is 228 g/mol. The number of rotatable bonds is 5.